The summed E-state index contributed by atoms with van der Waals surface area (Å²) in [4.78, 5) is 13.7. The number of halogens is 1. The number of anilines is 1. The molecule has 2 aromatic rings. The minimum absolute atomic E-state index is 0.339. The van der Waals surface area contributed by atoms with Crippen LogP contribution < -0.4 is 4.90 Å². The molecule has 1 fully saturated rings. The molecule has 21 heavy (non-hydrogen) atoms. The maximum absolute atomic E-state index is 5.74. The van der Waals surface area contributed by atoms with E-state index in [1.54, 1.807) is 17.7 Å². The quantitative estimate of drug-likeness (QED) is 0.789. The third kappa shape index (κ3) is 3.30. The molecule has 0 saturated carbocycles. The van der Waals surface area contributed by atoms with Gasteiger partial charge < -0.3 is 9.64 Å². The fraction of sp³-hybridized carbons (Fsp3) is 0.600. The highest BCUT2D eigenvalue weighted by Gasteiger charge is 2.22. The maximum atomic E-state index is 5.74. The number of nitrogens with zero attached hydrogens (tertiary/aromatic N) is 3. The van der Waals surface area contributed by atoms with Crippen molar-refractivity contribution >= 4 is 39.0 Å². The molecule has 1 aliphatic rings. The van der Waals surface area contributed by atoms with E-state index in [9.17, 15) is 0 Å². The van der Waals surface area contributed by atoms with Gasteiger partial charge in [0.05, 0.1) is 18.1 Å². The highest BCUT2D eigenvalue weighted by atomic mass is 35.5. The summed E-state index contributed by atoms with van der Waals surface area (Å²) in [6.45, 7) is 4.79. The van der Waals surface area contributed by atoms with Crippen LogP contribution in [-0.2, 0) is 11.2 Å². The Bertz CT molecular complexity index is 596. The molecule has 2 aromatic heterocycles. The van der Waals surface area contributed by atoms with Crippen LogP contribution >= 0.6 is 22.9 Å². The summed E-state index contributed by atoms with van der Waals surface area (Å²) in [6.07, 6.45) is 5.14. The van der Waals surface area contributed by atoms with E-state index < -0.39 is 0 Å². The lowest BCUT2D eigenvalue weighted by Gasteiger charge is -2.32. The molecule has 0 N–H and O–H groups in total. The van der Waals surface area contributed by atoms with Gasteiger partial charge in [-0.3, -0.25) is 0 Å². The average Bonchev–Trinajstić information content (AvgIpc) is 2.96. The fourth-order valence-corrected chi connectivity index (χ4v) is 3.78. The molecule has 1 saturated heterocycles. The second-order valence-corrected chi connectivity index (χ2v) is 6.72. The third-order valence-electron chi connectivity index (χ3n) is 3.88. The zero-order valence-corrected chi connectivity index (χ0v) is 13.8. The Labute approximate surface area is 134 Å². The standard InChI is InChI=1S/C15H20ClN3OS/c1-2-12-9-13-14(17-10-18-15(13)21-12)19-6-3-11(4-7-19)20-8-5-16/h9-11H,2-8H2,1H3. The van der Waals surface area contributed by atoms with E-state index in [1.165, 1.54) is 10.3 Å². The van der Waals surface area contributed by atoms with Crippen LogP contribution in [0.15, 0.2) is 12.4 Å². The molecule has 0 spiro atoms. The topological polar surface area (TPSA) is 38.2 Å². The van der Waals surface area contributed by atoms with Gasteiger partial charge >= 0.3 is 0 Å². The molecule has 0 aromatic carbocycles. The number of rotatable bonds is 5. The van der Waals surface area contributed by atoms with Gasteiger partial charge in [-0.25, -0.2) is 9.97 Å². The number of hydrogen-bond acceptors (Lipinski definition) is 5. The minimum Gasteiger partial charge on any atom is -0.377 e. The van der Waals surface area contributed by atoms with Crippen molar-refractivity contribution in [1.82, 2.24) is 9.97 Å². The summed E-state index contributed by atoms with van der Waals surface area (Å²) in [5.74, 6) is 1.65. The van der Waals surface area contributed by atoms with E-state index in [0.29, 0.717) is 18.6 Å². The molecule has 0 atom stereocenters. The van der Waals surface area contributed by atoms with E-state index >= 15 is 0 Å². The number of aryl methyl sites for hydroxylation is 1. The predicted molar refractivity (Wildman–Crippen MR) is 88.7 cm³/mol. The molecular weight excluding hydrogens is 306 g/mol. The van der Waals surface area contributed by atoms with Gasteiger partial charge in [-0.15, -0.1) is 22.9 Å². The molecule has 114 valence electrons. The Morgan fingerprint density at radius 2 is 2.19 bits per heavy atom. The first-order valence-electron chi connectivity index (χ1n) is 7.47. The zero-order chi connectivity index (χ0) is 14.7. The Balaban J connectivity index is 1.74. The average molecular weight is 326 g/mol. The maximum Gasteiger partial charge on any atom is 0.140 e. The molecular formula is C15H20ClN3OS. The van der Waals surface area contributed by atoms with Crippen LogP contribution in [0.5, 0.6) is 0 Å². The fourth-order valence-electron chi connectivity index (χ4n) is 2.76. The molecule has 1 aliphatic heterocycles. The lowest BCUT2D eigenvalue weighted by molar-refractivity contribution is 0.0471. The van der Waals surface area contributed by atoms with Crippen molar-refractivity contribution in [3.63, 3.8) is 0 Å². The van der Waals surface area contributed by atoms with Gasteiger partial charge in [0.15, 0.2) is 0 Å². The van der Waals surface area contributed by atoms with Crippen molar-refractivity contribution in [3.05, 3.63) is 17.3 Å². The van der Waals surface area contributed by atoms with Crippen LogP contribution in [0, 0.1) is 0 Å². The number of aromatic nitrogens is 2. The van der Waals surface area contributed by atoms with Crippen molar-refractivity contribution in [3.8, 4) is 0 Å². The van der Waals surface area contributed by atoms with Gasteiger partial charge in [0, 0.05) is 23.8 Å². The first-order chi connectivity index (χ1) is 10.3. The minimum atomic E-state index is 0.339. The van der Waals surface area contributed by atoms with Crippen LogP contribution in [0.3, 0.4) is 0 Å². The Morgan fingerprint density at radius 3 is 2.90 bits per heavy atom. The lowest BCUT2D eigenvalue weighted by atomic mass is 10.1. The van der Waals surface area contributed by atoms with Gasteiger partial charge in [-0.05, 0) is 25.3 Å². The van der Waals surface area contributed by atoms with Crippen LogP contribution in [0.4, 0.5) is 5.82 Å². The number of piperidine rings is 1. The van der Waals surface area contributed by atoms with E-state index in [4.69, 9.17) is 16.3 Å². The van der Waals surface area contributed by atoms with Gasteiger partial charge in [0.1, 0.15) is 17.0 Å². The second kappa shape index (κ2) is 6.90. The Kier molecular flexibility index (Phi) is 4.93. The lowest BCUT2D eigenvalue weighted by Crippen LogP contribution is -2.37. The molecule has 0 bridgehead atoms. The summed E-state index contributed by atoms with van der Waals surface area (Å²) in [7, 11) is 0. The summed E-state index contributed by atoms with van der Waals surface area (Å²) in [5.41, 5.74) is 0. The molecule has 0 unspecified atom stereocenters. The van der Waals surface area contributed by atoms with Crippen molar-refractivity contribution in [2.75, 3.05) is 30.5 Å². The molecule has 3 heterocycles. The normalized spacial score (nSPS) is 16.8. The number of thiophene rings is 1. The second-order valence-electron chi connectivity index (χ2n) is 5.23. The van der Waals surface area contributed by atoms with Crippen molar-refractivity contribution in [2.45, 2.75) is 32.3 Å². The summed E-state index contributed by atoms with van der Waals surface area (Å²) < 4.78 is 5.74. The number of ether oxygens (including phenoxy) is 1. The van der Waals surface area contributed by atoms with Gasteiger partial charge in [0.2, 0.25) is 0 Å². The van der Waals surface area contributed by atoms with Crippen molar-refractivity contribution in [1.29, 1.82) is 0 Å². The van der Waals surface area contributed by atoms with Crippen LogP contribution in [0.25, 0.3) is 10.2 Å². The molecule has 0 amide bonds. The molecule has 0 radical (unpaired) electrons. The van der Waals surface area contributed by atoms with Crippen LogP contribution in [-0.4, -0.2) is 41.6 Å². The molecule has 6 heteroatoms. The van der Waals surface area contributed by atoms with Crippen molar-refractivity contribution in [2.24, 2.45) is 0 Å². The molecule has 4 nitrogen and oxygen atoms in total. The van der Waals surface area contributed by atoms with E-state index in [2.05, 4.69) is 27.9 Å². The summed E-state index contributed by atoms with van der Waals surface area (Å²) in [6, 6.07) is 2.24. The Hall–Kier alpha value is -0.910. The van der Waals surface area contributed by atoms with Crippen LogP contribution in [0.2, 0.25) is 0 Å². The largest absolute Gasteiger partial charge is 0.377 e. The summed E-state index contributed by atoms with van der Waals surface area (Å²) in [5, 5.41) is 1.19. The SMILES string of the molecule is CCc1cc2c(N3CCC(OCCCl)CC3)ncnc2s1. The molecule has 3 rings (SSSR count). The van der Waals surface area contributed by atoms with Gasteiger partial charge in [-0.1, -0.05) is 6.92 Å². The number of hydrogen-bond donors (Lipinski definition) is 0. The molecule has 0 aliphatic carbocycles. The van der Waals surface area contributed by atoms with E-state index in [-0.39, 0.29) is 0 Å². The number of alkyl halides is 1. The van der Waals surface area contributed by atoms with E-state index in [1.807, 2.05) is 0 Å². The van der Waals surface area contributed by atoms with Crippen molar-refractivity contribution < 1.29 is 4.74 Å². The highest BCUT2D eigenvalue weighted by molar-refractivity contribution is 7.18. The predicted octanol–water partition coefficient (Wildman–Crippen LogP) is 3.48. The first-order valence-corrected chi connectivity index (χ1v) is 8.83. The van der Waals surface area contributed by atoms with Crippen LogP contribution in [0.1, 0.15) is 24.6 Å². The first kappa shape index (κ1) is 15.0. The zero-order valence-electron chi connectivity index (χ0n) is 12.2. The monoisotopic (exact) mass is 325 g/mol. The number of fused-ring (bicyclic) bond motifs is 1. The smallest absolute Gasteiger partial charge is 0.140 e. The van der Waals surface area contributed by atoms with E-state index in [0.717, 1.165) is 43.0 Å². The third-order valence-corrected chi connectivity index (χ3v) is 5.22. The van der Waals surface area contributed by atoms with Gasteiger partial charge in [0.25, 0.3) is 0 Å². The summed E-state index contributed by atoms with van der Waals surface area (Å²) >= 11 is 7.45. The highest BCUT2D eigenvalue weighted by Crippen LogP contribution is 2.31. The van der Waals surface area contributed by atoms with Gasteiger partial charge in [-0.2, -0.15) is 0 Å². The Morgan fingerprint density at radius 1 is 1.38 bits per heavy atom.